The number of carboxylic acid groups (broad SMARTS) is 1. The van der Waals surface area contributed by atoms with Crippen LogP contribution in [0.15, 0.2) is 54.6 Å². The van der Waals surface area contributed by atoms with Crippen molar-refractivity contribution >= 4 is 17.3 Å². The summed E-state index contributed by atoms with van der Waals surface area (Å²) in [7, 11) is 0. The van der Waals surface area contributed by atoms with Gasteiger partial charge in [-0.25, -0.2) is 0 Å². The molecule has 0 aliphatic heterocycles. The molecule has 0 saturated heterocycles. The van der Waals surface area contributed by atoms with Crippen LogP contribution >= 0.6 is 0 Å². The minimum Gasteiger partial charge on any atom is -0.481 e. The molecule has 1 unspecified atom stereocenters. The second kappa shape index (κ2) is 6.75. The summed E-state index contributed by atoms with van der Waals surface area (Å²) in [4.78, 5) is 11.0. The van der Waals surface area contributed by atoms with E-state index >= 15 is 0 Å². The number of rotatable bonds is 6. The molecular formula is C17H19NO2. The van der Waals surface area contributed by atoms with Gasteiger partial charge in [-0.1, -0.05) is 37.3 Å². The van der Waals surface area contributed by atoms with Crippen LogP contribution in [0, 0.1) is 5.92 Å². The minimum absolute atomic E-state index is 0.303. The van der Waals surface area contributed by atoms with Crippen LogP contribution in [0.1, 0.15) is 18.9 Å². The van der Waals surface area contributed by atoms with Gasteiger partial charge in [0.25, 0.3) is 0 Å². The minimum atomic E-state index is -0.723. The molecule has 0 aliphatic carbocycles. The van der Waals surface area contributed by atoms with Crippen LogP contribution in [0.25, 0.3) is 0 Å². The van der Waals surface area contributed by atoms with E-state index < -0.39 is 5.97 Å². The molecule has 0 heterocycles. The fourth-order valence-electron chi connectivity index (χ4n) is 2.10. The second-order valence-electron chi connectivity index (χ2n) is 4.84. The highest BCUT2D eigenvalue weighted by Crippen LogP contribution is 2.19. The molecular weight excluding hydrogens is 250 g/mol. The summed E-state index contributed by atoms with van der Waals surface area (Å²) in [5.41, 5.74) is 3.10. The van der Waals surface area contributed by atoms with Crippen molar-refractivity contribution in [3.63, 3.8) is 0 Å². The predicted octanol–water partition coefficient (Wildman–Crippen LogP) is 4.08. The zero-order valence-electron chi connectivity index (χ0n) is 11.5. The van der Waals surface area contributed by atoms with Crippen molar-refractivity contribution in [2.24, 2.45) is 5.92 Å². The van der Waals surface area contributed by atoms with E-state index in [-0.39, 0.29) is 5.92 Å². The zero-order chi connectivity index (χ0) is 14.4. The van der Waals surface area contributed by atoms with Gasteiger partial charge in [-0.05, 0) is 42.7 Å². The highest BCUT2D eigenvalue weighted by molar-refractivity contribution is 5.70. The first-order valence-electron chi connectivity index (χ1n) is 6.83. The van der Waals surface area contributed by atoms with E-state index in [1.165, 1.54) is 0 Å². The maximum Gasteiger partial charge on any atom is 0.306 e. The first-order chi connectivity index (χ1) is 9.69. The van der Waals surface area contributed by atoms with E-state index in [4.69, 9.17) is 5.11 Å². The second-order valence-corrected chi connectivity index (χ2v) is 4.84. The smallest absolute Gasteiger partial charge is 0.306 e. The van der Waals surface area contributed by atoms with E-state index in [1.54, 1.807) is 0 Å². The molecule has 0 spiro atoms. The Morgan fingerprint density at radius 1 is 1.05 bits per heavy atom. The van der Waals surface area contributed by atoms with Gasteiger partial charge in [0.15, 0.2) is 0 Å². The van der Waals surface area contributed by atoms with Gasteiger partial charge in [0.2, 0.25) is 0 Å². The molecule has 0 fully saturated rings. The maximum absolute atomic E-state index is 11.0. The molecule has 0 amide bonds. The lowest BCUT2D eigenvalue weighted by atomic mass is 9.97. The van der Waals surface area contributed by atoms with Crippen LogP contribution in [0.3, 0.4) is 0 Å². The molecule has 3 heteroatoms. The predicted molar refractivity (Wildman–Crippen MR) is 81.3 cm³/mol. The molecule has 3 nitrogen and oxygen atoms in total. The molecule has 0 saturated carbocycles. The Kier molecular flexibility index (Phi) is 4.77. The summed E-state index contributed by atoms with van der Waals surface area (Å²) in [6, 6.07) is 17.9. The van der Waals surface area contributed by atoms with Gasteiger partial charge in [0, 0.05) is 11.4 Å². The molecule has 1 atom stereocenters. The zero-order valence-corrected chi connectivity index (χ0v) is 11.5. The van der Waals surface area contributed by atoms with Crippen LogP contribution in [0.4, 0.5) is 11.4 Å². The third-order valence-corrected chi connectivity index (χ3v) is 3.34. The van der Waals surface area contributed by atoms with Gasteiger partial charge < -0.3 is 10.4 Å². The van der Waals surface area contributed by atoms with Gasteiger partial charge in [-0.15, -0.1) is 0 Å². The third-order valence-electron chi connectivity index (χ3n) is 3.34. The molecule has 2 N–H and O–H groups in total. The van der Waals surface area contributed by atoms with Crippen LogP contribution < -0.4 is 5.32 Å². The van der Waals surface area contributed by atoms with E-state index in [2.05, 4.69) is 5.32 Å². The largest absolute Gasteiger partial charge is 0.481 e. The molecule has 20 heavy (non-hydrogen) atoms. The van der Waals surface area contributed by atoms with E-state index in [9.17, 15) is 4.79 Å². The van der Waals surface area contributed by atoms with Crippen molar-refractivity contribution in [2.75, 3.05) is 5.32 Å². The average molecular weight is 269 g/mol. The summed E-state index contributed by atoms with van der Waals surface area (Å²) in [6.45, 7) is 1.91. The Bertz CT molecular complexity index is 549. The van der Waals surface area contributed by atoms with E-state index in [1.807, 2.05) is 61.5 Å². The molecule has 2 aromatic carbocycles. The first kappa shape index (κ1) is 14.1. The van der Waals surface area contributed by atoms with Gasteiger partial charge >= 0.3 is 5.97 Å². The van der Waals surface area contributed by atoms with Crippen molar-refractivity contribution < 1.29 is 9.90 Å². The molecule has 2 rings (SSSR count). The normalized spacial score (nSPS) is 11.8. The van der Waals surface area contributed by atoms with Gasteiger partial charge in [-0.2, -0.15) is 0 Å². The van der Waals surface area contributed by atoms with E-state index in [0.717, 1.165) is 16.9 Å². The molecule has 0 radical (unpaired) electrons. The van der Waals surface area contributed by atoms with E-state index in [0.29, 0.717) is 12.8 Å². The van der Waals surface area contributed by atoms with Crippen molar-refractivity contribution in [1.29, 1.82) is 0 Å². The summed E-state index contributed by atoms with van der Waals surface area (Å²) < 4.78 is 0. The topological polar surface area (TPSA) is 49.3 Å². The van der Waals surface area contributed by atoms with Crippen molar-refractivity contribution in [2.45, 2.75) is 19.8 Å². The number of hydrogen-bond donors (Lipinski definition) is 2. The standard InChI is InChI=1S/C17H19NO2/c1-2-14(17(19)20)12-13-8-10-16(11-9-13)18-15-6-4-3-5-7-15/h3-11,14,18H,2,12H2,1H3,(H,19,20). The van der Waals surface area contributed by atoms with Gasteiger partial charge in [-0.3, -0.25) is 4.79 Å². The van der Waals surface area contributed by atoms with Gasteiger partial charge in [0.05, 0.1) is 5.92 Å². The summed E-state index contributed by atoms with van der Waals surface area (Å²) in [5, 5.41) is 12.4. The van der Waals surface area contributed by atoms with Crippen molar-refractivity contribution in [3.05, 3.63) is 60.2 Å². The van der Waals surface area contributed by atoms with Crippen LogP contribution in [0.2, 0.25) is 0 Å². The maximum atomic E-state index is 11.0. The molecule has 0 aromatic heterocycles. The number of anilines is 2. The summed E-state index contributed by atoms with van der Waals surface area (Å²) in [6.07, 6.45) is 1.23. The Balaban J connectivity index is 2.01. The Morgan fingerprint density at radius 3 is 2.20 bits per heavy atom. The quantitative estimate of drug-likeness (QED) is 0.830. The Hall–Kier alpha value is -2.29. The Labute approximate surface area is 119 Å². The van der Waals surface area contributed by atoms with Crippen LogP contribution in [-0.2, 0) is 11.2 Å². The number of carboxylic acids is 1. The highest BCUT2D eigenvalue weighted by atomic mass is 16.4. The number of hydrogen-bond acceptors (Lipinski definition) is 2. The highest BCUT2D eigenvalue weighted by Gasteiger charge is 2.15. The summed E-state index contributed by atoms with van der Waals surface area (Å²) >= 11 is 0. The molecule has 0 aliphatic rings. The molecule has 0 bridgehead atoms. The average Bonchev–Trinajstić information content (AvgIpc) is 2.47. The fourth-order valence-corrected chi connectivity index (χ4v) is 2.10. The van der Waals surface area contributed by atoms with Crippen LogP contribution in [-0.4, -0.2) is 11.1 Å². The lowest BCUT2D eigenvalue weighted by Crippen LogP contribution is -2.15. The molecule has 2 aromatic rings. The lowest BCUT2D eigenvalue weighted by molar-refractivity contribution is -0.141. The fraction of sp³-hybridized carbons (Fsp3) is 0.235. The number of para-hydroxylation sites is 1. The van der Waals surface area contributed by atoms with Crippen molar-refractivity contribution in [3.8, 4) is 0 Å². The first-order valence-corrected chi connectivity index (χ1v) is 6.83. The molecule has 104 valence electrons. The SMILES string of the molecule is CCC(Cc1ccc(Nc2ccccc2)cc1)C(=O)O. The number of benzene rings is 2. The van der Waals surface area contributed by atoms with Gasteiger partial charge in [0.1, 0.15) is 0 Å². The van der Waals surface area contributed by atoms with Crippen LogP contribution in [0.5, 0.6) is 0 Å². The third kappa shape index (κ3) is 3.85. The summed E-state index contributed by atoms with van der Waals surface area (Å²) in [5.74, 6) is -1.03. The number of nitrogens with one attached hydrogen (secondary N) is 1. The number of carbonyl (C=O) groups is 1. The monoisotopic (exact) mass is 269 g/mol. The lowest BCUT2D eigenvalue weighted by Gasteiger charge is -2.11. The van der Waals surface area contributed by atoms with Crippen molar-refractivity contribution in [1.82, 2.24) is 0 Å². The Morgan fingerprint density at radius 2 is 1.65 bits per heavy atom. The number of aliphatic carboxylic acids is 1.